The smallest absolute Gasteiger partial charge is 0.259 e. The van der Waals surface area contributed by atoms with Crippen LogP contribution < -0.4 is 16.0 Å². The molecule has 3 aromatic carbocycles. The first-order valence-electron chi connectivity index (χ1n) is 13.5. The number of hydrogen-bond donors (Lipinski definition) is 3. The maximum absolute atomic E-state index is 13.7. The van der Waals surface area contributed by atoms with Gasteiger partial charge < -0.3 is 20.9 Å². The number of carbonyl (C=O) groups excluding carboxylic acids is 1. The number of aromatic amines is 1. The van der Waals surface area contributed by atoms with Gasteiger partial charge in [0.1, 0.15) is 5.84 Å². The summed E-state index contributed by atoms with van der Waals surface area (Å²) in [6.45, 7) is 6.47. The topological polar surface area (TPSA) is 112 Å². The Bertz CT molecular complexity index is 1880. The molecule has 4 N–H and O–H groups in total. The zero-order chi connectivity index (χ0) is 28.7. The lowest BCUT2D eigenvalue weighted by Gasteiger charge is -2.17. The average Bonchev–Trinajstić information content (AvgIpc) is 3.55. The number of amides is 1. The second-order valence-electron chi connectivity index (χ2n) is 10.3. The number of aromatic nitrogens is 3. The Hall–Kier alpha value is -5.24. The number of aliphatic imine (C=N–C) groups is 1. The van der Waals surface area contributed by atoms with Gasteiger partial charge in [-0.15, -0.1) is 0 Å². The fraction of sp³-hybridized carbons (Fsp3) is 0.152. The number of fused-ring (bicyclic) bond motifs is 2. The van der Waals surface area contributed by atoms with Gasteiger partial charge in [-0.05, 0) is 66.8 Å². The van der Waals surface area contributed by atoms with E-state index < -0.39 is 0 Å². The van der Waals surface area contributed by atoms with E-state index in [1.54, 1.807) is 12.3 Å². The highest BCUT2D eigenvalue weighted by atomic mass is 16.2. The molecule has 204 valence electrons. The van der Waals surface area contributed by atoms with Gasteiger partial charge in [-0.25, -0.2) is 9.97 Å². The molecule has 3 heterocycles. The number of allylic oxidation sites excluding steroid dienone is 1. The molecular weight excluding hydrogens is 510 g/mol. The zero-order valence-electron chi connectivity index (χ0n) is 23.5. The second-order valence-corrected chi connectivity index (χ2v) is 10.3. The predicted molar refractivity (Wildman–Crippen MR) is 165 cm³/mol. The summed E-state index contributed by atoms with van der Waals surface area (Å²) in [6, 6.07) is 20.3. The molecule has 0 radical (unpaired) electrons. The molecule has 0 saturated carbocycles. The van der Waals surface area contributed by atoms with Crippen molar-refractivity contribution in [2.45, 2.75) is 27.3 Å². The Morgan fingerprint density at radius 3 is 2.56 bits per heavy atom. The summed E-state index contributed by atoms with van der Waals surface area (Å²) in [7, 11) is 1.82. The third-order valence-electron chi connectivity index (χ3n) is 7.59. The van der Waals surface area contributed by atoms with Crippen LogP contribution in [0.3, 0.4) is 0 Å². The number of H-pyrrole nitrogens is 1. The molecule has 0 bridgehead atoms. The number of nitrogens with two attached hydrogens (primary N) is 1. The molecule has 1 aliphatic rings. The summed E-state index contributed by atoms with van der Waals surface area (Å²) in [5, 5.41) is 3.98. The molecule has 1 aliphatic heterocycles. The van der Waals surface area contributed by atoms with E-state index in [0.29, 0.717) is 12.4 Å². The van der Waals surface area contributed by atoms with Gasteiger partial charge in [-0.2, -0.15) is 4.99 Å². The monoisotopic (exact) mass is 541 g/mol. The van der Waals surface area contributed by atoms with Crippen LogP contribution in [0.5, 0.6) is 0 Å². The molecule has 6 rings (SSSR count). The molecule has 1 amide bonds. The first-order chi connectivity index (χ1) is 19.9. The minimum Gasteiger partial charge on any atom is -0.392 e. The summed E-state index contributed by atoms with van der Waals surface area (Å²) in [6.07, 6.45) is 5.41. The van der Waals surface area contributed by atoms with E-state index in [4.69, 9.17) is 10.7 Å². The van der Waals surface area contributed by atoms with Crippen LogP contribution in [0.1, 0.15) is 34.0 Å². The molecular formula is C33H31N7O. The number of carbonyl (C=O) groups is 1. The number of amidine groups is 1. The number of para-hydroxylation sites is 1. The number of rotatable bonds is 6. The lowest BCUT2D eigenvalue weighted by molar-refractivity contribution is 0.0997. The fourth-order valence-corrected chi connectivity index (χ4v) is 5.42. The van der Waals surface area contributed by atoms with Crippen LogP contribution in [-0.2, 0) is 6.54 Å². The van der Waals surface area contributed by atoms with Crippen molar-refractivity contribution in [2.75, 3.05) is 11.9 Å². The molecule has 0 aliphatic carbocycles. The third-order valence-corrected chi connectivity index (χ3v) is 7.59. The summed E-state index contributed by atoms with van der Waals surface area (Å²) >= 11 is 0. The van der Waals surface area contributed by atoms with E-state index in [-0.39, 0.29) is 11.9 Å². The van der Waals surface area contributed by atoms with Gasteiger partial charge in [-0.3, -0.25) is 4.79 Å². The molecule has 0 unspecified atom stereocenters. The van der Waals surface area contributed by atoms with Crippen molar-refractivity contribution in [2.24, 2.45) is 10.7 Å². The van der Waals surface area contributed by atoms with E-state index in [9.17, 15) is 4.79 Å². The highest BCUT2D eigenvalue weighted by Crippen LogP contribution is 2.40. The molecule has 41 heavy (non-hydrogen) atoms. The van der Waals surface area contributed by atoms with Crippen LogP contribution in [0.4, 0.5) is 11.6 Å². The molecule has 2 aromatic heterocycles. The van der Waals surface area contributed by atoms with E-state index in [0.717, 1.165) is 61.4 Å². The van der Waals surface area contributed by atoms with E-state index >= 15 is 0 Å². The van der Waals surface area contributed by atoms with Gasteiger partial charge in [-0.1, -0.05) is 48.5 Å². The Morgan fingerprint density at radius 2 is 1.76 bits per heavy atom. The zero-order valence-corrected chi connectivity index (χ0v) is 23.5. The molecule has 0 atom stereocenters. The Kier molecular flexibility index (Phi) is 6.59. The second kappa shape index (κ2) is 10.4. The van der Waals surface area contributed by atoms with Gasteiger partial charge in [0.05, 0.1) is 23.4 Å². The van der Waals surface area contributed by atoms with Gasteiger partial charge in [0, 0.05) is 41.7 Å². The van der Waals surface area contributed by atoms with Gasteiger partial charge in [0.2, 0.25) is 0 Å². The standard InChI is InChI=1S/C33H31N7O/c1-19-9-5-6-10-22(19)23-11-7-13-25-27(23)18-40(32(25)41)28-14-8-12-24-26(17-36-31(24)28)30-20(2)16-37-33(39-30)38-29(34)15-21(3)35-4/h5-17,35-36H,18H2,1-4H3,(H2,34,37,38,39)/b21-15-. The summed E-state index contributed by atoms with van der Waals surface area (Å²) in [4.78, 5) is 32.5. The van der Waals surface area contributed by atoms with Crippen molar-refractivity contribution >= 4 is 34.3 Å². The lowest BCUT2D eigenvalue weighted by Crippen LogP contribution is -2.23. The van der Waals surface area contributed by atoms with Crippen molar-refractivity contribution in [3.8, 4) is 22.4 Å². The quantitative estimate of drug-likeness (QED) is 0.176. The van der Waals surface area contributed by atoms with Gasteiger partial charge >= 0.3 is 0 Å². The minimum atomic E-state index is -0.00526. The van der Waals surface area contributed by atoms with Gasteiger partial charge in [0.15, 0.2) is 0 Å². The van der Waals surface area contributed by atoms with E-state index in [1.165, 1.54) is 5.56 Å². The fourth-order valence-electron chi connectivity index (χ4n) is 5.42. The maximum Gasteiger partial charge on any atom is 0.259 e. The van der Waals surface area contributed by atoms with Crippen LogP contribution in [0.15, 0.2) is 89.8 Å². The van der Waals surface area contributed by atoms with Gasteiger partial charge in [0.25, 0.3) is 11.9 Å². The highest BCUT2D eigenvalue weighted by molar-refractivity contribution is 6.15. The average molecular weight is 542 g/mol. The lowest BCUT2D eigenvalue weighted by atomic mass is 9.94. The van der Waals surface area contributed by atoms with Crippen molar-refractivity contribution in [3.63, 3.8) is 0 Å². The third kappa shape index (κ3) is 4.63. The minimum absolute atomic E-state index is 0.00526. The summed E-state index contributed by atoms with van der Waals surface area (Å²) in [5.41, 5.74) is 16.4. The highest BCUT2D eigenvalue weighted by Gasteiger charge is 2.32. The number of nitrogens with zero attached hydrogens (tertiary/aromatic N) is 4. The first kappa shape index (κ1) is 26.0. The van der Waals surface area contributed by atoms with E-state index in [2.05, 4.69) is 45.4 Å². The van der Waals surface area contributed by atoms with Crippen molar-refractivity contribution < 1.29 is 4.79 Å². The first-order valence-corrected chi connectivity index (χ1v) is 13.5. The number of nitrogens with one attached hydrogen (secondary N) is 2. The predicted octanol–water partition coefficient (Wildman–Crippen LogP) is 6.18. The molecule has 0 spiro atoms. The molecule has 8 nitrogen and oxygen atoms in total. The summed E-state index contributed by atoms with van der Waals surface area (Å²) < 4.78 is 0. The molecule has 0 saturated heterocycles. The van der Waals surface area contributed by atoms with Crippen molar-refractivity contribution in [1.82, 2.24) is 20.3 Å². The van der Waals surface area contributed by atoms with Crippen molar-refractivity contribution in [3.05, 3.63) is 107 Å². The van der Waals surface area contributed by atoms with Crippen LogP contribution in [0, 0.1) is 13.8 Å². The molecule has 5 aromatic rings. The van der Waals surface area contributed by atoms with Crippen LogP contribution in [0.2, 0.25) is 0 Å². The number of aryl methyl sites for hydroxylation is 2. The number of hydrogen-bond acceptors (Lipinski definition) is 5. The van der Waals surface area contributed by atoms with Crippen LogP contribution in [0.25, 0.3) is 33.3 Å². The Labute approximate surface area is 238 Å². The molecule has 8 heteroatoms. The largest absolute Gasteiger partial charge is 0.392 e. The Morgan fingerprint density at radius 1 is 1.00 bits per heavy atom. The maximum atomic E-state index is 13.7. The molecule has 0 fully saturated rings. The Balaban J connectivity index is 1.40. The summed E-state index contributed by atoms with van der Waals surface area (Å²) in [5.74, 6) is 0.585. The normalized spacial score (nSPS) is 13.7. The number of anilines is 1. The van der Waals surface area contributed by atoms with Crippen LogP contribution in [-0.4, -0.2) is 33.7 Å². The van der Waals surface area contributed by atoms with E-state index in [1.807, 2.05) is 74.5 Å². The van der Waals surface area contributed by atoms with Crippen LogP contribution >= 0.6 is 0 Å². The number of benzene rings is 3. The van der Waals surface area contributed by atoms with Crippen molar-refractivity contribution in [1.29, 1.82) is 0 Å². The SMILES string of the molecule is CN/C(C)=C\C(N)=N/c1ncc(C)c(-c2c[nH]c3c(N4Cc5c(cccc5-c5ccccc5C)C4=O)cccc23)n1.